The molecule has 4 nitrogen and oxygen atoms in total. The van der Waals surface area contributed by atoms with Crippen molar-refractivity contribution < 1.29 is 22.4 Å². The molecule has 0 bridgehead atoms. The van der Waals surface area contributed by atoms with Gasteiger partial charge < -0.3 is 15.5 Å². The molecule has 1 aromatic rings. The van der Waals surface area contributed by atoms with Crippen LogP contribution in [0.15, 0.2) is 18.2 Å². The molecule has 2 amide bonds. The van der Waals surface area contributed by atoms with Crippen molar-refractivity contribution in [3.63, 3.8) is 0 Å². The highest BCUT2D eigenvalue weighted by molar-refractivity contribution is 5.74. The van der Waals surface area contributed by atoms with Crippen LogP contribution in [0.1, 0.15) is 31.2 Å². The monoisotopic (exact) mass is 361 g/mol. The zero-order chi connectivity index (χ0) is 18.6. The van der Waals surface area contributed by atoms with Gasteiger partial charge in [0, 0.05) is 26.7 Å². The Hall–Kier alpha value is -1.99. The molecule has 0 saturated heterocycles. The summed E-state index contributed by atoms with van der Waals surface area (Å²) in [6, 6.07) is 3.60. The number of anilines is 1. The van der Waals surface area contributed by atoms with Crippen molar-refractivity contribution in [1.82, 2.24) is 10.6 Å². The Balaban J connectivity index is 1.83. The summed E-state index contributed by atoms with van der Waals surface area (Å²) in [5.74, 6) is -1.76. The lowest BCUT2D eigenvalue weighted by Gasteiger charge is -2.31. The Bertz CT molecular complexity index is 604. The van der Waals surface area contributed by atoms with Crippen molar-refractivity contribution in [2.75, 3.05) is 19.0 Å². The molecule has 0 radical (unpaired) electrons. The predicted octanol–water partition coefficient (Wildman–Crippen LogP) is 3.81. The predicted molar refractivity (Wildman–Crippen MR) is 87.9 cm³/mol. The molecule has 140 valence electrons. The Morgan fingerprint density at radius 3 is 2.60 bits per heavy atom. The Morgan fingerprint density at radius 2 is 2.00 bits per heavy atom. The third-order valence-electron chi connectivity index (χ3n) is 4.42. The van der Waals surface area contributed by atoms with Gasteiger partial charge in [0.1, 0.15) is 5.82 Å². The zero-order valence-corrected chi connectivity index (χ0v) is 14.3. The van der Waals surface area contributed by atoms with Crippen molar-refractivity contribution in [3.8, 4) is 0 Å². The highest BCUT2D eigenvalue weighted by Gasteiger charge is 2.42. The van der Waals surface area contributed by atoms with Gasteiger partial charge in [-0.05, 0) is 37.0 Å². The molecule has 1 fully saturated rings. The van der Waals surface area contributed by atoms with Crippen LogP contribution in [0, 0.1) is 11.7 Å². The van der Waals surface area contributed by atoms with Gasteiger partial charge in [-0.3, -0.25) is 0 Å². The summed E-state index contributed by atoms with van der Waals surface area (Å²) >= 11 is 0. The van der Waals surface area contributed by atoms with Crippen LogP contribution < -0.4 is 15.5 Å². The third kappa shape index (κ3) is 5.51. The molecule has 8 heteroatoms. The first-order valence-corrected chi connectivity index (χ1v) is 8.23. The van der Waals surface area contributed by atoms with E-state index in [0.29, 0.717) is 24.1 Å². The Labute approximate surface area is 144 Å². The largest absolute Gasteiger partial charge is 0.391 e. The van der Waals surface area contributed by atoms with E-state index in [9.17, 15) is 22.4 Å². The van der Waals surface area contributed by atoms with Crippen molar-refractivity contribution >= 4 is 11.7 Å². The van der Waals surface area contributed by atoms with Crippen LogP contribution in [-0.4, -0.2) is 32.3 Å². The highest BCUT2D eigenvalue weighted by atomic mass is 19.4. The molecule has 0 aromatic heterocycles. The maximum absolute atomic E-state index is 13.9. The fourth-order valence-electron chi connectivity index (χ4n) is 3.06. The quantitative estimate of drug-likeness (QED) is 0.801. The number of urea groups is 1. The third-order valence-corrected chi connectivity index (χ3v) is 4.42. The molecular formula is C17H23F4N3O. The normalized spacial score (nSPS) is 20.9. The maximum atomic E-state index is 13.9. The van der Waals surface area contributed by atoms with E-state index in [1.807, 2.05) is 0 Å². The average Bonchev–Trinajstić information content (AvgIpc) is 2.52. The number of amides is 2. The van der Waals surface area contributed by atoms with Crippen LogP contribution >= 0.6 is 0 Å². The highest BCUT2D eigenvalue weighted by Crippen LogP contribution is 2.37. The van der Waals surface area contributed by atoms with E-state index in [0.717, 1.165) is 0 Å². The smallest absolute Gasteiger partial charge is 0.375 e. The van der Waals surface area contributed by atoms with Crippen LogP contribution in [0.3, 0.4) is 0 Å². The topological polar surface area (TPSA) is 44.4 Å². The number of nitrogens with one attached hydrogen (secondary N) is 2. The Kier molecular flexibility index (Phi) is 6.13. The number of rotatable bonds is 4. The van der Waals surface area contributed by atoms with E-state index in [1.165, 1.54) is 6.07 Å². The molecule has 1 aliphatic carbocycles. The Morgan fingerprint density at radius 1 is 1.28 bits per heavy atom. The SMILES string of the molecule is CN(C)c1ccc(CNC(=O)NC2CCCC(C(F)(F)F)C2)cc1F. The number of hydrogen-bond donors (Lipinski definition) is 2. The summed E-state index contributed by atoms with van der Waals surface area (Å²) in [7, 11) is 3.45. The first-order valence-electron chi connectivity index (χ1n) is 8.23. The lowest BCUT2D eigenvalue weighted by molar-refractivity contribution is -0.183. The summed E-state index contributed by atoms with van der Waals surface area (Å²) < 4.78 is 52.2. The second kappa shape index (κ2) is 7.93. The molecule has 2 rings (SSSR count). The summed E-state index contributed by atoms with van der Waals surface area (Å²) in [5.41, 5.74) is 1.02. The number of hydrogen-bond acceptors (Lipinski definition) is 2. The molecule has 1 aromatic carbocycles. The molecule has 1 aliphatic rings. The molecule has 2 N–H and O–H groups in total. The molecular weight excluding hydrogens is 338 g/mol. The number of halogens is 4. The van der Waals surface area contributed by atoms with E-state index < -0.39 is 30.0 Å². The number of benzene rings is 1. The van der Waals surface area contributed by atoms with Gasteiger partial charge in [0.05, 0.1) is 11.6 Å². The first-order chi connectivity index (χ1) is 11.7. The van der Waals surface area contributed by atoms with Crippen LogP contribution in [0.5, 0.6) is 0 Å². The van der Waals surface area contributed by atoms with Crippen LogP contribution in [-0.2, 0) is 6.54 Å². The van der Waals surface area contributed by atoms with Crippen LogP contribution in [0.2, 0.25) is 0 Å². The average molecular weight is 361 g/mol. The number of carbonyl (C=O) groups is 1. The second-order valence-electron chi connectivity index (χ2n) is 6.61. The summed E-state index contributed by atoms with van der Waals surface area (Å²) in [6.45, 7) is 0.103. The van der Waals surface area contributed by atoms with Crippen LogP contribution in [0.25, 0.3) is 0 Å². The molecule has 0 aliphatic heterocycles. The van der Waals surface area contributed by atoms with Gasteiger partial charge in [0.15, 0.2) is 0 Å². The lowest BCUT2D eigenvalue weighted by Crippen LogP contribution is -2.45. The molecule has 0 heterocycles. The maximum Gasteiger partial charge on any atom is 0.391 e. The van der Waals surface area contributed by atoms with Crippen molar-refractivity contribution in [2.24, 2.45) is 5.92 Å². The minimum absolute atomic E-state index is 0.0942. The second-order valence-corrected chi connectivity index (χ2v) is 6.61. The number of alkyl halides is 3. The first kappa shape index (κ1) is 19.3. The van der Waals surface area contributed by atoms with Gasteiger partial charge in [0.2, 0.25) is 0 Å². The standard InChI is InChI=1S/C17H23F4N3O/c1-24(2)15-7-6-11(8-14(15)18)10-22-16(25)23-13-5-3-4-12(9-13)17(19,20)21/h6-8,12-13H,3-5,9-10H2,1-2H3,(H2,22,23,25). The number of carbonyl (C=O) groups excluding carboxylic acids is 1. The van der Waals surface area contributed by atoms with Crippen LogP contribution in [0.4, 0.5) is 28.0 Å². The number of nitrogens with zero attached hydrogens (tertiary/aromatic N) is 1. The zero-order valence-electron chi connectivity index (χ0n) is 14.3. The summed E-state index contributed by atoms with van der Waals surface area (Å²) in [4.78, 5) is 13.5. The van der Waals surface area contributed by atoms with E-state index in [-0.39, 0.29) is 19.4 Å². The van der Waals surface area contributed by atoms with Crippen molar-refractivity contribution in [1.29, 1.82) is 0 Å². The molecule has 25 heavy (non-hydrogen) atoms. The minimum Gasteiger partial charge on any atom is -0.375 e. The van der Waals surface area contributed by atoms with Gasteiger partial charge in [-0.15, -0.1) is 0 Å². The van der Waals surface area contributed by atoms with Gasteiger partial charge in [-0.25, -0.2) is 9.18 Å². The van der Waals surface area contributed by atoms with Crippen molar-refractivity contribution in [3.05, 3.63) is 29.6 Å². The van der Waals surface area contributed by atoms with Gasteiger partial charge >= 0.3 is 12.2 Å². The van der Waals surface area contributed by atoms with E-state index >= 15 is 0 Å². The van der Waals surface area contributed by atoms with E-state index in [2.05, 4.69) is 10.6 Å². The molecule has 1 saturated carbocycles. The van der Waals surface area contributed by atoms with Gasteiger partial charge in [-0.2, -0.15) is 13.2 Å². The fourth-order valence-corrected chi connectivity index (χ4v) is 3.06. The van der Waals surface area contributed by atoms with E-state index in [4.69, 9.17) is 0 Å². The molecule has 2 atom stereocenters. The molecule has 0 spiro atoms. The van der Waals surface area contributed by atoms with Crippen molar-refractivity contribution in [2.45, 2.75) is 44.4 Å². The van der Waals surface area contributed by atoms with Gasteiger partial charge in [-0.1, -0.05) is 12.5 Å². The minimum atomic E-state index is -4.22. The summed E-state index contributed by atoms with van der Waals surface area (Å²) in [6.07, 6.45) is -3.23. The lowest BCUT2D eigenvalue weighted by atomic mass is 9.85. The fraction of sp³-hybridized carbons (Fsp3) is 0.588. The molecule has 2 unspecified atom stereocenters. The van der Waals surface area contributed by atoms with Gasteiger partial charge in [0.25, 0.3) is 0 Å². The van der Waals surface area contributed by atoms with E-state index in [1.54, 1.807) is 31.1 Å². The summed E-state index contributed by atoms with van der Waals surface area (Å²) in [5, 5.41) is 5.15.